The summed E-state index contributed by atoms with van der Waals surface area (Å²) in [5.41, 5.74) is 2.69. The molecule has 1 aromatic rings. The van der Waals surface area contributed by atoms with Gasteiger partial charge >= 0.3 is 0 Å². The van der Waals surface area contributed by atoms with Crippen molar-refractivity contribution in [3.63, 3.8) is 0 Å². The van der Waals surface area contributed by atoms with Crippen molar-refractivity contribution in [2.45, 2.75) is 19.3 Å². The smallest absolute Gasteiger partial charge is 0.133 e. The molecule has 16 heavy (non-hydrogen) atoms. The van der Waals surface area contributed by atoms with Crippen LogP contribution in [0.4, 0.5) is 0 Å². The van der Waals surface area contributed by atoms with E-state index in [0.717, 1.165) is 22.4 Å². The van der Waals surface area contributed by atoms with Gasteiger partial charge in [0, 0.05) is 6.42 Å². The summed E-state index contributed by atoms with van der Waals surface area (Å²) in [6.07, 6.45) is 3.26. The van der Waals surface area contributed by atoms with Crippen LogP contribution in [-0.4, -0.2) is 14.2 Å². The predicted octanol–water partition coefficient (Wildman–Crippen LogP) is 3.69. The molecule has 3 heteroatoms. The van der Waals surface area contributed by atoms with E-state index < -0.39 is 0 Å². The molecule has 1 aliphatic carbocycles. The lowest BCUT2D eigenvalue weighted by Crippen LogP contribution is -1.94. The maximum absolute atomic E-state index is 5.41. The summed E-state index contributed by atoms with van der Waals surface area (Å²) in [6, 6.07) is 6.14. The Morgan fingerprint density at radius 1 is 1.31 bits per heavy atom. The molecule has 86 valence electrons. The zero-order valence-corrected chi connectivity index (χ0v) is 11.1. The zero-order chi connectivity index (χ0) is 11.5. The maximum Gasteiger partial charge on any atom is 0.133 e. The van der Waals surface area contributed by atoms with Crippen LogP contribution in [0.2, 0.25) is 0 Å². The highest BCUT2D eigenvalue weighted by atomic mass is 79.9. The van der Waals surface area contributed by atoms with Gasteiger partial charge in [-0.2, -0.15) is 0 Å². The molecule has 1 fully saturated rings. The van der Waals surface area contributed by atoms with E-state index in [-0.39, 0.29) is 0 Å². The van der Waals surface area contributed by atoms with E-state index in [2.05, 4.69) is 28.1 Å². The standard InChI is InChI=1S/C13H15BrO2/c1-15-12-6-3-9(7-11(12)14)8-13(16-2)10-4-5-10/h3,6-7H,4-5,8H2,1-2H3. The molecule has 1 aromatic carbocycles. The fourth-order valence-corrected chi connectivity index (χ4v) is 2.28. The molecule has 1 saturated carbocycles. The second-order valence-electron chi connectivity index (χ2n) is 3.88. The lowest BCUT2D eigenvalue weighted by molar-refractivity contribution is 0.281. The van der Waals surface area contributed by atoms with E-state index in [9.17, 15) is 0 Å². The van der Waals surface area contributed by atoms with Crippen molar-refractivity contribution >= 4 is 15.9 Å². The Morgan fingerprint density at radius 2 is 2.06 bits per heavy atom. The molecule has 1 aliphatic rings. The van der Waals surface area contributed by atoms with Crippen LogP contribution in [0.5, 0.6) is 5.75 Å². The third kappa shape index (κ3) is 2.59. The minimum Gasteiger partial charge on any atom is -0.501 e. The van der Waals surface area contributed by atoms with Crippen molar-refractivity contribution in [2.24, 2.45) is 0 Å². The van der Waals surface area contributed by atoms with Crippen LogP contribution in [-0.2, 0) is 11.2 Å². The van der Waals surface area contributed by atoms with Gasteiger partial charge in [0.15, 0.2) is 0 Å². The number of ether oxygens (including phenoxy) is 2. The minimum atomic E-state index is 0.863. The predicted molar refractivity (Wildman–Crippen MR) is 67.7 cm³/mol. The molecule has 0 heterocycles. The Morgan fingerprint density at radius 3 is 2.56 bits per heavy atom. The van der Waals surface area contributed by atoms with Gasteiger partial charge in [0.25, 0.3) is 0 Å². The third-order valence-corrected chi connectivity index (χ3v) is 3.34. The van der Waals surface area contributed by atoms with Gasteiger partial charge in [-0.25, -0.2) is 0 Å². The van der Waals surface area contributed by atoms with Gasteiger partial charge < -0.3 is 9.47 Å². The van der Waals surface area contributed by atoms with Gasteiger partial charge in [-0.1, -0.05) is 6.07 Å². The molecule has 0 bridgehead atoms. The van der Waals surface area contributed by atoms with E-state index in [4.69, 9.17) is 9.47 Å². The van der Waals surface area contributed by atoms with Crippen molar-refractivity contribution in [2.75, 3.05) is 14.2 Å². The van der Waals surface area contributed by atoms with Crippen LogP contribution < -0.4 is 4.74 Å². The molecule has 0 amide bonds. The summed E-state index contributed by atoms with van der Waals surface area (Å²) in [5.74, 6) is 1.99. The second-order valence-corrected chi connectivity index (χ2v) is 4.73. The Kier molecular flexibility index (Phi) is 3.54. The highest BCUT2D eigenvalue weighted by Gasteiger charge is 2.18. The van der Waals surface area contributed by atoms with Crippen molar-refractivity contribution in [1.82, 2.24) is 0 Å². The minimum absolute atomic E-state index is 0.863. The van der Waals surface area contributed by atoms with E-state index in [1.54, 1.807) is 14.2 Å². The topological polar surface area (TPSA) is 18.5 Å². The molecule has 0 unspecified atom stereocenters. The highest BCUT2D eigenvalue weighted by Crippen LogP contribution is 2.34. The Labute approximate surface area is 104 Å². The fraction of sp³-hybridized carbons (Fsp3) is 0.385. The molecule has 0 aromatic heterocycles. The number of hydrogen-bond acceptors (Lipinski definition) is 2. The molecule has 0 aliphatic heterocycles. The largest absolute Gasteiger partial charge is 0.501 e. The molecule has 2 nitrogen and oxygen atoms in total. The van der Waals surface area contributed by atoms with E-state index in [0.29, 0.717) is 0 Å². The van der Waals surface area contributed by atoms with Crippen molar-refractivity contribution < 1.29 is 9.47 Å². The summed E-state index contributed by atoms with van der Waals surface area (Å²) < 4.78 is 11.6. The maximum atomic E-state index is 5.41. The molecule has 0 N–H and O–H groups in total. The summed E-state index contributed by atoms with van der Waals surface area (Å²) in [5, 5.41) is 0. The van der Waals surface area contributed by atoms with Gasteiger partial charge in [-0.3, -0.25) is 0 Å². The van der Waals surface area contributed by atoms with Crippen LogP contribution in [0.1, 0.15) is 18.4 Å². The zero-order valence-electron chi connectivity index (χ0n) is 9.55. The molecule has 0 radical (unpaired) electrons. The van der Waals surface area contributed by atoms with Crippen LogP contribution in [0.3, 0.4) is 0 Å². The normalized spacial score (nSPS) is 13.6. The number of hydrogen-bond donors (Lipinski definition) is 0. The van der Waals surface area contributed by atoms with Crippen LogP contribution in [0.25, 0.3) is 0 Å². The first-order valence-corrected chi connectivity index (χ1v) is 6.11. The number of benzene rings is 1. The summed E-state index contributed by atoms with van der Waals surface area (Å²) >= 11 is 3.49. The number of allylic oxidation sites excluding steroid dienone is 2. The molecule has 0 saturated heterocycles. The Hall–Kier alpha value is -0.960. The monoisotopic (exact) mass is 282 g/mol. The van der Waals surface area contributed by atoms with E-state index in [1.807, 2.05) is 6.07 Å². The third-order valence-electron chi connectivity index (χ3n) is 2.72. The van der Waals surface area contributed by atoms with Gasteiger partial charge in [0.05, 0.1) is 24.5 Å². The van der Waals surface area contributed by atoms with Gasteiger partial charge in [-0.05, 0) is 52.0 Å². The first-order chi connectivity index (χ1) is 7.74. The van der Waals surface area contributed by atoms with Gasteiger partial charge in [0.2, 0.25) is 0 Å². The van der Waals surface area contributed by atoms with Gasteiger partial charge in [-0.15, -0.1) is 0 Å². The Balaban J connectivity index is 2.16. The van der Waals surface area contributed by atoms with Crippen LogP contribution >= 0.6 is 15.9 Å². The average Bonchev–Trinajstić information content (AvgIpc) is 3.10. The molecule has 0 atom stereocenters. The van der Waals surface area contributed by atoms with E-state index >= 15 is 0 Å². The van der Waals surface area contributed by atoms with E-state index in [1.165, 1.54) is 24.0 Å². The quantitative estimate of drug-likeness (QED) is 0.784. The molecular weight excluding hydrogens is 268 g/mol. The molecule has 0 spiro atoms. The highest BCUT2D eigenvalue weighted by molar-refractivity contribution is 9.10. The first-order valence-electron chi connectivity index (χ1n) is 5.32. The lowest BCUT2D eigenvalue weighted by Gasteiger charge is -2.08. The number of methoxy groups -OCH3 is 2. The Bertz CT molecular complexity index is 418. The van der Waals surface area contributed by atoms with Gasteiger partial charge in [0.1, 0.15) is 5.75 Å². The van der Waals surface area contributed by atoms with Crippen LogP contribution in [0, 0.1) is 0 Å². The number of rotatable bonds is 4. The number of halogens is 1. The summed E-state index contributed by atoms with van der Waals surface area (Å²) in [7, 11) is 3.42. The first kappa shape index (κ1) is 11.5. The molecule has 2 rings (SSSR count). The summed E-state index contributed by atoms with van der Waals surface area (Å²) in [6.45, 7) is 0. The van der Waals surface area contributed by atoms with Crippen molar-refractivity contribution in [3.8, 4) is 5.75 Å². The average molecular weight is 283 g/mol. The van der Waals surface area contributed by atoms with Crippen molar-refractivity contribution in [1.29, 1.82) is 0 Å². The lowest BCUT2D eigenvalue weighted by atomic mass is 10.1. The SMILES string of the molecule is COC(Cc1ccc(OC)c(Br)c1)=C1CC1. The van der Waals surface area contributed by atoms with Crippen LogP contribution in [0.15, 0.2) is 34.0 Å². The second kappa shape index (κ2) is 4.91. The fourth-order valence-electron chi connectivity index (χ4n) is 1.69. The van der Waals surface area contributed by atoms with Crippen molar-refractivity contribution in [3.05, 3.63) is 39.6 Å². The summed E-state index contributed by atoms with van der Waals surface area (Å²) in [4.78, 5) is 0. The molecular formula is C13H15BrO2.